The van der Waals surface area contributed by atoms with Gasteiger partial charge < -0.3 is 15.2 Å². The molecule has 2 aromatic rings. The number of methoxy groups -OCH3 is 1. The Morgan fingerprint density at radius 1 is 1.27 bits per heavy atom. The molecule has 5 nitrogen and oxygen atoms in total. The molecule has 0 aliphatic heterocycles. The topological polar surface area (TPSA) is 82.3 Å². The fourth-order valence-corrected chi connectivity index (χ4v) is 1.83. The van der Waals surface area contributed by atoms with E-state index < -0.39 is 5.91 Å². The maximum atomic E-state index is 12.1. The summed E-state index contributed by atoms with van der Waals surface area (Å²) in [7, 11) is 1.53. The maximum absolute atomic E-state index is 12.1. The molecule has 0 saturated carbocycles. The number of nitrogens with one attached hydrogen (secondary N) is 1. The Hall–Kier alpha value is -3.26. The number of carbonyl (C=O) groups is 1. The van der Waals surface area contributed by atoms with Crippen molar-refractivity contribution in [2.45, 2.75) is 0 Å². The standard InChI is InChI=1S/C17H14N2O3/c1-22-16-7-3-5-14(10-16)19-17(21)13(11-18)8-12-4-2-6-15(20)9-12/h2-10,20H,1H3,(H,19,21). The second-order valence-corrected chi connectivity index (χ2v) is 4.45. The molecule has 2 N–H and O–H groups in total. The van der Waals surface area contributed by atoms with Gasteiger partial charge in [0.05, 0.1) is 7.11 Å². The summed E-state index contributed by atoms with van der Waals surface area (Å²) in [6.45, 7) is 0. The van der Waals surface area contributed by atoms with E-state index in [1.165, 1.54) is 25.3 Å². The zero-order valence-electron chi connectivity index (χ0n) is 11.9. The Morgan fingerprint density at radius 3 is 2.73 bits per heavy atom. The number of hydrogen-bond acceptors (Lipinski definition) is 4. The lowest BCUT2D eigenvalue weighted by Crippen LogP contribution is -2.13. The third kappa shape index (κ3) is 3.87. The minimum atomic E-state index is -0.529. The Labute approximate surface area is 128 Å². The highest BCUT2D eigenvalue weighted by Crippen LogP contribution is 2.18. The third-order valence-corrected chi connectivity index (χ3v) is 2.87. The van der Waals surface area contributed by atoms with E-state index in [1.807, 2.05) is 6.07 Å². The Bertz CT molecular complexity index is 760. The van der Waals surface area contributed by atoms with Crippen molar-refractivity contribution in [2.75, 3.05) is 12.4 Å². The minimum Gasteiger partial charge on any atom is -0.508 e. The highest BCUT2D eigenvalue weighted by Gasteiger charge is 2.10. The number of phenols is 1. The van der Waals surface area contributed by atoms with Crippen molar-refractivity contribution in [3.05, 3.63) is 59.7 Å². The third-order valence-electron chi connectivity index (χ3n) is 2.87. The van der Waals surface area contributed by atoms with Crippen LogP contribution in [0.2, 0.25) is 0 Å². The lowest BCUT2D eigenvalue weighted by Gasteiger charge is -2.06. The fourth-order valence-electron chi connectivity index (χ4n) is 1.83. The lowest BCUT2D eigenvalue weighted by atomic mass is 10.1. The van der Waals surface area contributed by atoms with Crippen LogP contribution in [0.3, 0.4) is 0 Å². The number of phenolic OH excluding ortho intramolecular Hbond substituents is 1. The number of nitriles is 1. The number of rotatable bonds is 4. The number of anilines is 1. The van der Waals surface area contributed by atoms with E-state index in [0.717, 1.165) is 0 Å². The monoisotopic (exact) mass is 294 g/mol. The van der Waals surface area contributed by atoms with E-state index >= 15 is 0 Å². The maximum Gasteiger partial charge on any atom is 0.266 e. The summed E-state index contributed by atoms with van der Waals surface area (Å²) in [4.78, 5) is 12.1. The first-order chi connectivity index (χ1) is 10.6. The predicted molar refractivity (Wildman–Crippen MR) is 83.3 cm³/mol. The zero-order chi connectivity index (χ0) is 15.9. The highest BCUT2D eigenvalue weighted by atomic mass is 16.5. The Balaban J connectivity index is 2.20. The van der Waals surface area contributed by atoms with Crippen molar-refractivity contribution >= 4 is 17.7 Å². The number of carbonyl (C=O) groups excluding carboxylic acids is 1. The van der Waals surface area contributed by atoms with Gasteiger partial charge in [-0.05, 0) is 35.9 Å². The van der Waals surface area contributed by atoms with Crippen LogP contribution < -0.4 is 10.1 Å². The van der Waals surface area contributed by atoms with E-state index in [0.29, 0.717) is 17.0 Å². The van der Waals surface area contributed by atoms with Gasteiger partial charge in [0.1, 0.15) is 23.1 Å². The van der Waals surface area contributed by atoms with E-state index in [-0.39, 0.29) is 11.3 Å². The second kappa shape index (κ2) is 6.95. The van der Waals surface area contributed by atoms with Gasteiger partial charge in [-0.3, -0.25) is 4.79 Å². The predicted octanol–water partition coefficient (Wildman–Crippen LogP) is 2.95. The number of benzene rings is 2. The molecule has 110 valence electrons. The summed E-state index contributed by atoms with van der Waals surface area (Å²) in [5, 5.41) is 21.2. The molecule has 2 rings (SSSR count). The summed E-state index contributed by atoms with van der Waals surface area (Å²) in [5.41, 5.74) is 1.03. The van der Waals surface area contributed by atoms with E-state index in [1.54, 1.807) is 36.4 Å². The van der Waals surface area contributed by atoms with Gasteiger partial charge >= 0.3 is 0 Å². The molecule has 2 aromatic carbocycles. The second-order valence-electron chi connectivity index (χ2n) is 4.45. The first-order valence-corrected chi connectivity index (χ1v) is 6.48. The molecule has 1 amide bonds. The molecule has 22 heavy (non-hydrogen) atoms. The highest BCUT2D eigenvalue weighted by molar-refractivity contribution is 6.09. The lowest BCUT2D eigenvalue weighted by molar-refractivity contribution is -0.112. The van der Waals surface area contributed by atoms with Crippen LogP contribution in [-0.2, 0) is 4.79 Å². The average molecular weight is 294 g/mol. The molecule has 0 heterocycles. The number of aromatic hydroxyl groups is 1. The van der Waals surface area contributed by atoms with Crippen LogP contribution in [0.4, 0.5) is 5.69 Å². The SMILES string of the molecule is COc1cccc(NC(=O)C(C#N)=Cc2cccc(O)c2)c1. The molecule has 0 unspecified atom stereocenters. The number of nitrogens with zero attached hydrogens (tertiary/aromatic N) is 1. The van der Waals surface area contributed by atoms with E-state index in [9.17, 15) is 9.90 Å². The fraction of sp³-hybridized carbons (Fsp3) is 0.0588. The van der Waals surface area contributed by atoms with Crippen LogP contribution in [0.1, 0.15) is 5.56 Å². The first-order valence-electron chi connectivity index (χ1n) is 6.48. The Morgan fingerprint density at radius 2 is 2.05 bits per heavy atom. The molecule has 0 radical (unpaired) electrons. The summed E-state index contributed by atoms with van der Waals surface area (Å²) in [6, 6.07) is 15.0. The van der Waals surface area contributed by atoms with Crippen molar-refractivity contribution in [1.29, 1.82) is 5.26 Å². The quantitative estimate of drug-likeness (QED) is 0.671. The molecule has 0 aliphatic carbocycles. The number of amides is 1. The minimum absolute atomic E-state index is 0.0616. The van der Waals surface area contributed by atoms with Gasteiger partial charge in [0.25, 0.3) is 5.91 Å². The van der Waals surface area contributed by atoms with Gasteiger partial charge in [0, 0.05) is 11.8 Å². The average Bonchev–Trinajstić information content (AvgIpc) is 2.52. The van der Waals surface area contributed by atoms with Crippen molar-refractivity contribution in [2.24, 2.45) is 0 Å². The van der Waals surface area contributed by atoms with Crippen molar-refractivity contribution in [3.63, 3.8) is 0 Å². The molecule has 0 aliphatic rings. The molecule has 0 bridgehead atoms. The molecule has 0 atom stereocenters. The molecule has 0 aromatic heterocycles. The Kier molecular flexibility index (Phi) is 4.78. The van der Waals surface area contributed by atoms with E-state index in [4.69, 9.17) is 10.00 Å². The smallest absolute Gasteiger partial charge is 0.266 e. The molecule has 0 saturated heterocycles. The van der Waals surface area contributed by atoms with Crippen LogP contribution in [0, 0.1) is 11.3 Å². The van der Waals surface area contributed by atoms with Crippen molar-refractivity contribution in [3.8, 4) is 17.6 Å². The molecule has 0 fully saturated rings. The molecular formula is C17H14N2O3. The van der Waals surface area contributed by atoms with Gasteiger partial charge in [0.15, 0.2) is 0 Å². The summed E-state index contributed by atoms with van der Waals surface area (Å²) < 4.78 is 5.07. The largest absolute Gasteiger partial charge is 0.508 e. The first kappa shape index (κ1) is 15.1. The summed E-state index contributed by atoms with van der Waals surface area (Å²) in [5.74, 6) is 0.145. The molecular weight excluding hydrogens is 280 g/mol. The number of hydrogen-bond donors (Lipinski definition) is 2. The summed E-state index contributed by atoms with van der Waals surface area (Å²) >= 11 is 0. The van der Waals surface area contributed by atoms with Crippen LogP contribution in [-0.4, -0.2) is 18.1 Å². The zero-order valence-corrected chi connectivity index (χ0v) is 11.9. The van der Waals surface area contributed by atoms with Crippen LogP contribution >= 0.6 is 0 Å². The van der Waals surface area contributed by atoms with Crippen molar-refractivity contribution in [1.82, 2.24) is 0 Å². The van der Waals surface area contributed by atoms with Crippen molar-refractivity contribution < 1.29 is 14.6 Å². The number of ether oxygens (including phenoxy) is 1. The normalized spacial score (nSPS) is 10.6. The summed E-state index contributed by atoms with van der Waals surface area (Å²) in [6.07, 6.45) is 1.41. The van der Waals surface area contributed by atoms with Gasteiger partial charge in [0.2, 0.25) is 0 Å². The van der Waals surface area contributed by atoms with Crippen LogP contribution in [0.25, 0.3) is 6.08 Å². The van der Waals surface area contributed by atoms with Gasteiger partial charge in [-0.1, -0.05) is 18.2 Å². The molecule has 0 spiro atoms. The van der Waals surface area contributed by atoms with Gasteiger partial charge in [-0.2, -0.15) is 5.26 Å². The van der Waals surface area contributed by atoms with Crippen LogP contribution in [0.15, 0.2) is 54.1 Å². The van der Waals surface area contributed by atoms with Crippen LogP contribution in [0.5, 0.6) is 11.5 Å². The van der Waals surface area contributed by atoms with Gasteiger partial charge in [-0.25, -0.2) is 0 Å². The van der Waals surface area contributed by atoms with E-state index in [2.05, 4.69) is 5.32 Å². The van der Waals surface area contributed by atoms with Gasteiger partial charge in [-0.15, -0.1) is 0 Å². The molecule has 5 heteroatoms.